The number of likely N-dealkylation sites (N-methyl/N-ethyl adjacent to an activating group) is 1. The molecular weight excluding hydrogens is 328 g/mol. The summed E-state index contributed by atoms with van der Waals surface area (Å²) in [6.45, 7) is 4.88. The molecule has 1 spiro atoms. The second kappa shape index (κ2) is 6.58. The Morgan fingerprint density at radius 1 is 1.00 bits per heavy atom. The van der Waals surface area contributed by atoms with Crippen LogP contribution in [-0.4, -0.2) is 73.0 Å². The van der Waals surface area contributed by atoms with E-state index in [4.69, 9.17) is 5.73 Å². The molecule has 4 rings (SSSR count). The molecule has 2 aliphatic heterocycles. The van der Waals surface area contributed by atoms with E-state index in [0.717, 1.165) is 45.4 Å². The maximum absolute atomic E-state index is 13.3. The van der Waals surface area contributed by atoms with Crippen molar-refractivity contribution in [1.82, 2.24) is 14.7 Å². The fourth-order valence-corrected chi connectivity index (χ4v) is 4.99. The lowest BCUT2D eigenvalue weighted by Crippen LogP contribution is -2.49. The summed E-state index contributed by atoms with van der Waals surface area (Å²) in [5.41, 5.74) is 7.98. The predicted molar refractivity (Wildman–Crippen MR) is 99.9 cm³/mol. The second-order valence-corrected chi connectivity index (χ2v) is 8.08. The lowest BCUT2D eigenvalue weighted by Gasteiger charge is -2.40. The molecule has 2 heterocycles. The number of carbonyl (C=O) groups excluding carboxylic acids is 2. The van der Waals surface area contributed by atoms with Gasteiger partial charge in [-0.15, -0.1) is 0 Å². The smallest absolute Gasteiger partial charge is 0.314 e. The summed E-state index contributed by atoms with van der Waals surface area (Å²) in [4.78, 5) is 30.8. The number of piperidine rings is 1. The molecule has 1 unspecified atom stereocenters. The number of carbonyl (C=O) groups is 2. The lowest BCUT2D eigenvalue weighted by atomic mass is 9.73. The van der Waals surface area contributed by atoms with Crippen molar-refractivity contribution in [3.05, 3.63) is 35.4 Å². The summed E-state index contributed by atoms with van der Waals surface area (Å²) >= 11 is 0. The standard InChI is InChI=1S/C20H28N4O2/c1-22-10-12-23(13-11-22)18(25)16-14-20(17-5-3-2-4-15(16)17)6-8-24(9-7-20)19(21)26/h2-5,16H,6-14H2,1H3,(H2,21,26). The first kappa shape index (κ1) is 17.3. The van der Waals surface area contributed by atoms with Crippen molar-refractivity contribution >= 4 is 11.9 Å². The zero-order valence-electron chi connectivity index (χ0n) is 15.5. The fourth-order valence-electron chi connectivity index (χ4n) is 4.99. The first-order valence-corrected chi connectivity index (χ1v) is 9.61. The van der Waals surface area contributed by atoms with Crippen molar-refractivity contribution in [2.45, 2.75) is 30.6 Å². The Hall–Kier alpha value is -2.08. The molecule has 2 N–H and O–H groups in total. The molecule has 1 aliphatic carbocycles. The Morgan fingerprint density at radius 2 is 1.65 bits per heavy atom. The van der Waals surface area contributed by atoms with Crippen molar-refractivity contribution in [2.24, 2.45) is 5.73 Å². The van der Waals surface area contributed by atoms with Crippen LogP contribution in [0.5, 0.6) is 0 Å². The highest BCUT2D eigenvalue weighted by Crippen LogP contribution is 2.52. The molecule has 140 valence electrons. The zero-order valence-corrected chi connectivity index (χ0v) is 15.5. The molecule has 6 heteroatoms. The van der Waals surface area contributed by atoms with Crippen molar-refractivity contribution in [3.8, 4) is 0 Å². The fraction of sp³-hybridized carbons (Fsp3) is 0.600. The van der Waals surface area contributed by atoms with Crippen molar-refractivity contribution < 1.29 is 9.59 Å². The molecule has 0 aromatic heterocycles. The largest absolute Gasteiger partial charge is 0.351 e. The van der Waals surface area contributed by atoms with Crippen molar-refractivity contribution in [3.63, 3.8) is 0 Å². The highest BCUT2D eigenvalue weighted by molar-refractivity contribution is 5.86. The van der Waals surface area contributed by atoms with Crippen LogP contribution in [0.3, 0.4) is 0 Å². The number of nitrogens with zero attached hydrogens (tertiary/aromatic N) is 3. The van der Waals surface area contributed by atoms with Crippen LogP contribution < -0.4 is 5.73 Å². The Bertz CT molecular complexity index is 704. The van der Waals surface area contributed by atoms with E-state index in [0.29, 0.717) is 13.1 Å². The number of fused-ring (bicyclic) bond motifs is 2. The summed E-state index contributed by atoms with van der Waals surface area (Å²) in [6, 6.07) is 8.09. The number of hydrogen-bond acceptors (Lipinski definition) is 3. The van der Waals surface area contributed by atoms with E-state index in [1.54, 1.807) is 4.90 Å². The first-order valence-electron chi connectivity index (χ1n) is 9.61. The van der Waals surface area contributed by atoms with Gasteiger partial charge in [0.25, 0.3) is 0 Å². The van der Waals surface area contributed by atoms with Gasteiger partial charge in [0.2, 0.25) is 5.91 Å². The molecule has 0 radical (unpaired) electrons. The topological polar surface area (TPSA) is 69.9 Å². The van der Waals surface area contributed by atoms with Gasteiger partial charge in [-0.05, 0) is 37.4 Å². The SMILES string of the molecule is CN1CCN(C(=O)C2CC3(CCN(C(N)=O)CC3)c3ccccc32)CC1. The minimum absolute atomic E-state index is 0.00937. The van der Waals surface area contributed by atoms with Crippen LogP contribution in [0.2, 0.25) is 0 Å². The van der Waals surface area contributed by atoms with Crippen molar-refractivity contribution in [2.75, 3.05) is 46.3 Å². The van der Waals surface area contributed by atoms with Gasteiger partial charge in [0.1, 0.15) is 0 Å². The van der Waals surface area contributed by atoms with E-state index in [1.165, 1.54) is 11.1 Å². The molecule has 2 fully saturated rings. The summed E-state index contributed by atoms with van der Waals surface area (Å²) in [5, 5.41) is 0. The number of rotatable bonds is 1. The minimum Gasteiger partial charge on any atom is -0.351 e. The van der Waals surface area contributed by atoms with E-state index in [1.807, 2.05) is 11.0 Å². The summed E-state index contributed by atoms with van der Waals surface area (Å²) < 4.78 is 0. The van der Waals surface area contributed by atoms with Crippen LogP contribution in [-0.2, 0) is 10.2 Å². The van der Waals surface area contributed by atoms with Crippen LogP contribution in [0.15, 0.2) is 24.3 Å². The van der Waals surface area contributed by atoms with Gasteiger partial charge < -0.3 is 20.4 Å². The molecule has 0 bridgehead atoms. The normalized spacial score (nSPS) is 25.3. The number of likely N-dealkylation sites (tertiary alicyclic amines) is 1. The number of amides is 3. The number of primary amides is 1. The molecule has 26 heavy (non-hydrogen) atoms. The molecule has 1 atom stereocenters. The molecule has 1 aromatic carbocycles. The Labute approximate surface area is 154 Å². The molecule has 0 saturated carbocycles. The van der Waals surface area contributed by atoms with E-state index in [-0.39, 0.29) is 23.3 Å². The van der Waals surface area contributed by atoms with Crippen LogP contribution in [0, 0.1) is 0 Å². The third-order valence-electron chi connectivity index (χ3n) is 6.65. The maximum atomic E-state index is 13.3. The minimum atomic E-state index is -0.337. The van der Waals surface area contributed by atoms with Gasteiger partial charge in [0, 0.05) is 44.7 Å². The van der Waals surface area contributed by atoms with Gasteiger partial charge in [0.05, 0.1) is 5.92 Å². The summed E-state index contributed by atoms with van der Waals surface area (Å²) in [7, 11) is 2.11. The molecular formula is C20H28N4O2. The Kier molecular flexibility index (Phi) is 4.39. The number of hydrogen-bond donors (Lipinski definition) is 1. The average molecular weight is 356 g/mol. The number of nitrogens with two attached hydrogens (primary N) is 1. The molecule has 1 aromatic rings. The Morgan fingerprint density at radius 3 is 2.31 bits per heavy atom. The average Bonchev–Trinajstić information content (AvgIpc) is 2.97. The highest BCUT2D eigenvalue weighted by atomic mass is 16.2. The van der Waals surface area contributed by atoms with Gasteiger partial charge in [0.15, 0.2) is 0 Å². The molecule has 3 amide bonds. The third-order valence-corrected chi connectivity index (χ3v) is 6.65. The molecule has 2 saturated heterocycles. The second-order valence-electron chi connectivity index (χ2n) is 8.08. The van der Waals surface area contributed by atoms with Gasteiger partial charge in [-0.1, -0.05) is 24.3 Å². The van der Waals surface area contributed by atoms with E-state index in [2.05, 4.69) is 30.1 Å². The van der Waals surface area contributed by atoms with Crippen molar-refractivity contribution in [1.29, 1.82) is 0 Å². The third kappa shape index (κ3) is 2.86. The Balaban J connectivity index is 1.57. The number of piperazine rings is 1. The quantitative estimate of drug-likeness (QED) is 0.826. The van der Waals surface area contributed by atoms with Crippen LogP contribution in [0.4, 0.5) is 4.79 Å². The maximum Gasteiger partial charge on any atom is 0.314 e. The van der Waals surface area contributed by atoms with Crippen LogP contribution in [0.1, 0.15) is 36.3 Å². The van der Waals surface area contributed by atoms with E-state index >= 15 is 0 Å². The monoisotopic (exact) mass is 356 g/mol. The molecule has 3 aliphatic rings. The number of urea groups is 1. The van der Waals surface area contributed by atoms with Crippen LogP contribution >= 0.6 is 0 Å². The first-order chi connectivity index (χ1) is 12.5. The highest BCUT2D eigenvalue weighted by Gasteiger charge is 2.48. The predicted octanol–water partition coefficient (Wildman–Crippen LogP) is 1.36. The van der Waals surface area contributed by atoms with Gasteiger partial charge in [-0.3, -0.25) is 4.79 Å². The number of benzene rings is 1. The van der Waals surface area contributed by atoms with E-state index < -0.39 is 0 Å². The van der Waals surface area contributed by atoms with Gasteiger partial charge in [-0.2, -0.15) is 0 Å². The van der Waals surface area contributed by atoms with E-state index in [9.17, 15) is 9.59 Å². The lowest BCUT2D eigenvalue weighted by molar-refractivity contribution is -0.134. The zero-order chi connectivity index (χ0) is 18.3. The van der Waals surface area contributed by atoms with Gasteiger partial charge in [-0.25, -0.2) is 4.79 Å². The summed E-state index contributed by atoms with van der Waals surface area (Å²) in [6.07, 6.45) is 2.64. The van der Waals surface area contributed by atoms with Crippen LogP contribution in [0.25, 0.3) is 0 Å². The van der Waals surface area contributed by atoms with Gasteiger partial charge >= 0.3 is 6.03 Å². The molecule has 6 nitrogen and oxygen atoms in total. The summed E-state index contributed by atoms with van der Waals surface area (Å²) in [5.74, 6) is 0.231.